The van der Waals surface area contributed by atoms with Crippen molar-refractivity contribution in [2.75, 3.05) is 13.1 Å². The van der Waals surface area contributed by atoms with Gasteiger partial charge < -0.3 is 14.3 Å². The van der Waals surface area contributed by atoms with Crippen LogP contribution in [0.2, 0.25) is 0 Å². The summed E-state index contributed by atoms with van der Waals surface area (Å²) < 4.78 is 5.04. The van der Waals surface area contributed by atoms with Crippen molar-refractivity contribution >= 4 is 11.8 Å². The molecule has 2 amide bonds. The summed E-state index contributed by atoms with van der Waals surface area (Å²) in [5.41, 5.74) is 1.47. The Bertz CT molecular complexity index is 802. The second kappa shape index (κ2) is 6.94. The molecule has 1 aromatic heterocycles. The lowest BCUT2D eigenvalue weighted by molar-refractivity contribution is -0.133. The summed E-state index contributed by atoms with van der Waals surface area (Å²) in [4.78, 5) is 29.2. The van der Waals surface area contributed by atoms with Crippen LogP contribution in [0, 0.1) is 12.8 Å². The largest absolute Gasteiger partial charge is 0.361 e. The van der Waals surface area contributed by atoms with Gasteiger partial charge in [0.25, 0.3) is 5.91 Å². The fourth-order valence-corrected chi connectivity index (χ4v) is 4.12. The van der Waals surface area contributed by atoms with E-state index in [1.807, 2.05) is 40.1 Å². The third-order valence-corrected chi connectivity index (χ3v) is 5.42. The van der Waals surface area contributed by atoms with Gasteiger partial charge in [0, 0.05) is 32.1 Å². The van der Waals surface area contributed by atoms with Crippen LogP contribution in [0.3, 0.4) is 0 Å². The molecule has 0 aliphatic carbocycles. The second-order valence-electron chi connectivity index (χ2n) is 7.26. The van der Waals surface area contributed by atoms with Crippen molar-refractivity contribution in [2.45, 2.75) is 38.8 Å². The van der Waals surface area contributed by atoms with Gasteiger partial charge in [-0.05, 0) is 31.2 Å². The number of likely N-dealkylation sites (tertiary alicyclic amines) is 2. The fourth-order valence-electron chi connectivity index (χ4n) is 4.12. The molecular weight excluding hydrogens is 330 g/mol. The van der Waals surface area contributed by atoms with Gasteiger partial charge in [-0.3, -0.25) is 9.59 Å². The van der Waals surface area contributed by atoms with Crippen LogP contribution in [0.5, 0.6) is 0 Å². The minimum Gasteiger partial charge on any atom is -0.361 e. The monoisotopic (exact) mass is 353 g/mol. The molecule has 2 aromatic rings. The SMILES string of the molecule is Cc1cc(C(=O)N2C[C@H]3CCCC(=O)N(Cc4ccccc4)[C@H]3C2)no1. The van der Waals surface area contributed by atoms with Crippen LogP contribution in [-0.4, -0.2) is 45.9 Å². The molecule has 6 nitrogen and oxygen atoms in total. The summed E-state index contributed by atoms with van der Waals surface area (Å²) in [5, 5.41) is 3.85. The summed E-state index contributed by atoms with van der Waals surface area (Å²) in [7, 11) is 0. The average Bonchev–Trinajstić information content (AvgIpc) is 3.23. The first-order valence-corrected chi connectivity index (χ1v) is 9.18. The van der Waals surface area contributed by atoms with Crippen LogP contribution < -0.4 is 0 Å². The highest BCUT2D eigenvalue weighted by Gasteiger charge is 2.42. The number of hydrogen-bond acceptors (Lipinski definition) is 4. The third-order valence-electron chi connectivity index (χ3n) is 5.42. The fraction of sp³-hybridized carbons (Fsp3) is 0.450. The highest BCUT2D eigenvalue weighted by Crippen LogP contribution is 2.32. The Morgan fingerprint density at radius 1 is 1.27 bits per heavy atom. The van der Waals surface area contributed by atoms with Gasteiger partial charge in [0.05, 0.1) is 6.04 Å². The van der Waals surface area contributed by atoms with E-state index in [0.717, 1.165) is 18.4 Å². The molecule has 0 N–H and O–H groups in total. The maximum absolute atomic E-state index is 12.7. The quantitative estimate of drug-likeness (QED) is 0.851. The van der Waals surface area contributed by atoms with Crippen LogP contribution >= 0.6 is 0 Å². The van der Waals surface area contributed by atoms with Crippen molar-refractivity contribution in [1.29, 1.82) is 0 Å². The summed E-state index contributed by atoms with van der Waals surface area (Å²) in [6, 6.07) is 11.8. The van der Waals surface area contributed by atoms with E-state index in [1.54, 1.807) is 13.0 Å². The molecule has 2 fully saturated rings. The van der Waals surface area contributed by atoms with Crippen molar-refractivity contribution in [3.63, 3.8) is 0 Å². The summed E-state index contributed by atoms with van der Waals surface area (Å²) >= 11 is 0. The molecular formula is C20H23N3O3. The van der Waals surface area contributed by atoms with Crippen molar-refractivity contribution in [1.82, 2.24) is 15.0 Å². The van der Waals surface area contributed by atoms with Gasteiger partial charge in [0.15, 0.2) is 5.69 Å². The van der Waals surface area contributed by atoms with Crippen LogP contribution in [0.25, 0.3) is 0 Å². The molecule has 0 unspecified atom stereocenters. The summed E-state index contributed by atoms with van der Waals surface area (Å²) in [6.45, 7) is 3.62. The second-order valence-corrected chi connectivity index (χ2v) is 7.26. The van der Waals surface area contributed by atoms with Crippen molar-refractivity contribution < 1.29 is 14.1 Å². The van der Waals surface area contributed by atoms with E-state index in [0.29, 0.717) is 43.4 Å². The average molecular weight is 353 g/mol. The Balaban J connectivity index is 1.54. The lowest BCUT2D eigenvalue weighted by Crippen LogP contribution is -2.43. The Hall–Kier alpha value is -2.63. The molecule has 2 aliphatic heterocycles. The van der Waals surface area contributed by atoms with Gasteiger partial charge in [-0.15, -0.1) is 0 Å². The Morgan fingerprint density at radius 2 is 2.08 bits per heavy atom. The minimum atomic E-state index is -0.109. The first-order valence-electron chi connectivity index (χ1n) is 9.18. The molecule has 2 aliphatic rings. The number of aryl methyl sites for hydroxylation is 1. The maximum Gasteiger partial charge on any atom is 0.276 e. The first-order chi connectivity index (χ1) is 12.6. The normalized spacial score (nSPS) is 23.0. The predicted molar refractivity (Wildman–Crippen MR) is 95.3 cm³/mol. The van der Waals surface area contributed by atoms with Crippen LogP contribution in [0.1, 0.15) is 41.1 Å². The number of benzene rings is 1. The van der Waals surface area contributed by atoms with Crippen LogP contribution in [-0.2, 0) is 11.3 Å². The highest BCUT2D eigenvalue weighted by molar-refractivity contribution is 5.92. The summed E-state index contributed by atoms with van der Waals surface area (Å²) in [6.07, 6.45) is 2.45. The molecule has 4 rings (SSSR count). The van der Waals surface area contributed by atoms with Crippen molar-refractivity contribution in [3.8, 4) is 0 Å². The molecule has 26 heavy (non-hydrogen) atoms. The third kappa shape index (κ3) is 3.23. The van der Waals surface area contributed by atoms with Crippen molar-refractivity contribution in [3.05, 3.63) is 53.4 Å². The van der Waals surface area contributed by atoms with Crippen LogP contribution in [0.15, 0.2) is 40.9 Å². The van der Waals surface area contributed by atoms with E-state index in [-0.39, 0.29) is 17.9 Å². The number of hydrogen-bond donors (Lipinski definition) is 0. The molecule has 0 radical (unpaired) electrons. The molecule has 1 aromatic carbocycles. The molecule has 2 saturated heterocycles. The Kier molecular flexibility index (Phi) is 4.49. The van der Waals surface area contributed by atoms with Gasteiger partial charge in [-0.1, -0.05) is 35.5 Å². The Labute approximate surface area is 152 Å². The van der Waals surface area contributed by atoms with Gasteiger partial charge in [-0.25, -0.2) is 0 Å². The van der Waals surface area contributed by atoms with Gasteiger partial charge in [-0.2, -0.15) is 0 Å². The molecule has 2 atom stereocenters. The number of aromatic nitrogens is 1. The topological polar surface area (TPSA) is 66.7 Å². The van der Waals surface area contributed by atoms with Crippen molar-refractivity contribution in [2.24, 2.45) is 5.92 Å². The number of rotatable bonds is 3. The number of carbonyl (C=O) groups excluding carboxylic acids is 2. The molecule has 0 saturated carbocycles. The van der Waals surface area contributed by atoms with E-state index in [9.17, 15) is 9.59 Å². The zero-order valence-corrected chi connectivity index (χ0v) is 14.9. The molecule has 0 spiro atoms. The van der Waals surface area contributed by atoms with E-state index in [4.69, 9.17) is 4.52 Å². The Morgan fingerprint density at radius 3 is 2.81 bits per heavy atom. The minimum absolute atomic E-state index is 0.0714. The number of nitrogens with zero attached hydrogens (tertiary/aromatic N) is 3. The number of amides is 2. The summed E-state index contributed by atoms with van der Waals surface area (Å²) in [5.74, 6) is 1.03. The lowest BCUT2D eigenvalue weighted by Gasteiger charge is -2.30. The predicted octanol–water partition coefficient (Wildman–Crippen LogP) is 2.64. The van der Waals surface area contributed by atoms with E-state index in [2.05, 4.69) is 5.16 Å². The molecule has 6 heteroatoms. The van der Waals surface area contributed by atoms with E-state index in [1.165, 1.54) is 0 Å². The molecule has 0 bridgehead atoms. The number of carbonyl (C=O) groups is 2. The number of fused-ring (bicyclic) bond motifs is 1. The van der Waals surface area contributed by atoms with Gasteiger partial charge >= 0.3 is 0 Å². The lowest BCUT2D eigenvalue weighted by atomic mass is 9.98. The zero-order chi connectivity index (χ0) is 18.1. The van der Waals surface area contributed by atoms with E-state index < -0.39 is 0 Å². The standard InChI is InChI=1S/C20H23N3O3/c1-14-10-17(21-26-14)20(25)22-12-16-8-5-9-19(24)23(18(16)13-22)11-15-6-3-2-4-7-15/h2-4,6-7,10,16,18H,5,8-9,11-13H2,1H3/t16-,18+/m1/s1. The van der Waals surface area contributed by atoms with Gasteiger partial charge in [0.2, 0.25) is 5.91 Å². The van der Waals surface area contributed by atoms with Crippen LogP contribution in [0.4, 0.5) is 0 Å². The maximum atomic E-state index is 12.7. The zero-order valence-electron chi connectivity index (χ0n) is 14.9. The first kappa shape index (κ1) is 16.8. The highest BCUT2D eigenvalue weighted by atomic mass is 16.5. The smallest absolute Gasteiger partial charge is 0.276 e. The molecule has 3 heterocycles. The van der Waals surface area contributed by atoms with E-state index >= 15 is 0 Å². The molecule has 136 valence electrons. The van der Waals surface area contributed by atoms with Gasteiger partial charge in [0.1, 0.15) is 5.76 Å².